The summed E-state index contributed by atoms with van der Waals surface area (Å²) in [4.78, 5) is 11.0. The molecule has 0 bridgehead atoms. The number of primary amides is 1. The summed E-state index contributed by atoms with van der Waals surface area (Å²) in [5, 5.41) is 12.7. The second kappa shape index (κ2) is 7.10. The fraction of sp³-hybridized carbons (Fsp3) is 0.929. The molecular weight excluding hydrogens is 244 g/mol. The number of hydrogen-bond donors (Lipinski definition) is 3. The van der Waals surface area contributed by atoms with Crippen LogP contribution in [0.1, 0.15) is 52.9 Å². The Hall–Kier alpha value is -0.810. The fourth-order valence-corrected chi connectivity index (χ4v) is 2.76. The van der Waals surface area contributed by atoms with Crippen molar-refractivity contribution in [2.75, 3.05) is 6.61 Å². The van der Waals surface area contributed by atoms with Crippen LogP contribution in [0.2, 0.25) is 0 Å². The first-order valence-electron chi connectivity index (χ1n) is 7.20. The van der Waals surface area contributed by atoms with Crippen LogP contribution in [-0.4, -0.2) is 35.5 Å². The van der Waals surface area contributed by atoms with Crippen LogP contribution in [-0.2, 0) is 4.74 Å². The van der Waals surface area contributed by atoms with Crippen molar-refractivity contribution in [3.05, 3.63) is 0 Å². The normalized spacial score (nSPS) is 20.8. The molecule has 0 heterocycles. The van der Waals surface area contributed by atoms with Crippen molar-refractivity contribution < 1.29 is 14.6 Å². The van der Waals surface area contributed by atoms with E-state index in [9.17, 15) is 9.90 Å². The van der Waals surface area contributed by atoms with Gasteiger partial charge in [-0.15, -0.1) is 0 Å². The van der Waals surface area contributed by atoms with Gasteiger partial charge in [-0.1, -0.05) is 19.3 Å². The minimum Gasteiger partial charge on any atom is -0.388 e. The third-order valence-electron chi connectivity index (χ3n) is 3.85. The van der Waals surface area contributed by atoms with Crippen molar-refractivity contribution in [3.63, 3.8) is 0 Å². The third kappa shape index (κ3) is 5.78. The van der Waals surface area contributed by atoms with Gasteiger partial charge in [0.25, 0.3) is 0 Å². The van der Waals surface area contributed by atoms with Gasteiger partial charge in [-0.25, -0.2) is 4.79 Å². The average Bonchev–Trinajstić information content (AvgIpc) is 2.33. The number of ether oxygens (including phenoxy) is 1. The molecule has 0 saturated heterocycles. The number of nitrogens with two attached hydrogens (primary N) is 1. The topological polar surface area (TPSA) is 84.6 Å². The quantitative estimate of drug-likeness (QED) is 0.689. The molecule has 1 fully saturated rings. The van der Waals surface area contributed by atoms with E-state index in [1.165, 1.54) is 32.1 Å². The predicted molar refractivity (Wildman–Crippen MR) is 74.8 cm³/mol. The van der Waals surface area contributed by atoms with Crippen molar-refractivity contribution in [1.29, 1.82) is 0 Å². The summed E-state index contributed by atoms with van der Waals surface area (Å²) in [6, 6.07) is -1.14. The lowest BCUT2D eigenvalue weighted by Crippen LogP contribution is -2.57. The molecule has 1 aliphatic rings. The molecule has 2 amide bonds. The Morgan fingerprint density at radius 2 is 2.00 bits per heavy atom. The summed E-state index contributed by atoms with van der Waals surface area (Å²) in [6.45, 7) is 5.84. The van der Waals surface area contributed by atoms with Gasteiger partial charge in [-0.2, -0.15) is 0 Å². The van der Waals surface area contributed by atoms with Crippen LogP contribution in [0, 0.1) is 5.92 Å². The number of carbonyl (C=O) groups excluding carboxylic acids is 1. The molecule has 0 aromatic rings. The lowest BCUT2D eigenvalue weighted by atomic mass is 9.89. The summed E-state index contributed by atoms with van der Waals surface area (Å²) in [6.07, 6.45) is 6.02. The lowest BCUT2D eigenvalue weighted by Gasteiger charge is -2.35. The van der Waals surface area contributed by atoms with Crippen LogP contribution in [0.3, 0.4) is 0 Å². The lowest BCUT2D eigenvalue weighted by molar-refractivity contribution is -0.0524. The Bertz CT molecular complexity index is 283. The highest BCUT2D eigenvalue weighted by atomic mass is 16.5. The van der Waals surface area contributed by atoms with E-state index < -0.39 is 17.7 Å². The first kappa shape index (κ1) is 16.2. The number of aliphatic hydroxyl groups is 1. The van der Waals surface area contributed by atoms with E-state index in [1.807, 2.05) is 6.92 Å². The molecule has 0 spiro atoms. The Balaban J connectivity index is 2.46. The van der Waals surface area contributed by atoms with E-state index in [0.29, 0.717) is 12.5 Å². The molecule has 0 aromatic carbocycles. The first-order valence-corrected chi connectivity index (χ1v) is 7.20. The molecule has 2 unspecified atom stereocenters. The van der Waals surface area contributed by atoms with E-state index in [1.54, 1.807) is 13.8 Å². The summed E-state index contributed by atoms with van der Waals surface area (Å²) in [5.74, 6) is 0.604. The smallest absolute Gasteiger partial charge is 0.312 e. The minimum atomic E-state index is -1.07. The number of carbonyl (C=O) groups is 1. The number of rotatable bonds is 6. The average molecular weight is 272 g/mol. The van der Waals surface area contributed by atoms with E-state index in [4.69, 9.17) is 10.5 Å². The molecule has 0 aromatic heterocycles. The molecule has 2 atom stereocenters. The monoisotopic (exact) mass is 272 g/mol. The molecule has 4 N–H and O–H groups in total. The summed E-state index contributed by atoms with van der Waals surface area (Å²) in [7, 11) is 0. The molecule has 0 aliphatic heterocycles. The van der Waals surface area contributed by atoms with Crippen molar-refractivity contribution in [1.82, 2.24) is 5.32 Å². The van der Waals surface area contributed by atoms with Gasteiger partial charge in [0.05, 0.1) is 17.7 Å². The fourth-order valence-electron chi connectivity index (χ4n) is 2.76. The zero-order chi connectivity index (χ0) is 14.5. The van der Waals surface area contributed by atoms with Crippen LogP contribution in [0.25, 0.3) is 0 Å². The van der Waals surface area contributed by atoms with E-state index in [2.05, 4.69) is 5.32 Å². The molecule has 0 radical (unpaired) electrons. The standard InChI is InChI=1S/C14H28N2O3/c1-10(12(14(2,3)18)16-13(15)17)19-9-11-7-5-4-6-8-11/h10-12,18H,4-9H2,1-3H3,(H3,15,16,17). The van der Waals surface area contributed by atoms with Gasteiger partial charge in [0.1, 0.15) is 0 Å². The Kier molecular flexibility index (Phi) is 6.07. The van der Waals surface area contributed by atoms with Crippen molar-refractivity contribution in [2.45, 2.75) is 70.6 Å². The largest absolute Gasteiger partial charge is 0.388 e. The summed E-state index contributed by atoms with van der Waals surface area (Å²) < 4.78 is 5.84. The molecule has 19 heavy (non-hydrogen) atoms. The third-order valence-corrected chi connectivity index (χ3v) is 3.85. The highest BCUT2D eigenvalue weighted by Crippen LogP contribution is 2.25. The van der Waals surface area contributed by atoms with Gasteiger partial charge < -0.3 is 20.9 Å². The van der Waals surface area contributed by atoms with Gasteiger partial charge in [-0.05, 0) is 39.5 Å². The van der Waals surface area contributed by atoms with Crippen molar-refractivity contribution >= 4 is 6.03 Å². The van der Waals surface area contributed by atoms with Crippen LogP contribution >= 0.6 is 0 Å². The molecule has 1 aliphatic carbocycles. The minimum absolute atomic E-state index is 0.269. The molecular formula is C14H28N2O3. The maximum Gasteiger partial charge on any atom is 0.312 e. The SMILES string of the molecule is CC(OCC1CCCCC1)C(NC(N)=O)C(C)(C)O. The maximum absolute atomic E-state index is 11.0. The van der Waals surface area contributed by atoms with E-state index in [-0.39, 0.29) is 6.10 Å². The maximum atomic E-state index is 11.0. The number of amides is 2. The molecule has 112 valence electrons. The Morgan fingerprint density at radius 3 is 2.47 bits per heavy atom. The highest BCUT2D eigenvalue weighted by molar-refractivity contribution is 5.72. The molecule has 1 saturated carbocycles. The van der Waals surface area contributed by atoms with Gasteiger partial charge in [0, 0.05) is 6.61 Å². The van der Waals surface area contributed by atoms with Gasteiger partial charge in [0.2, 0.25) is 0 Å². The van der Waals surface area contributed by atoms with Gasteiger partial charge in [0.15, 0.2) is 0 Å². The second-order valence-electron chi connectivity index (χ2n) is 6.18. The number of hydrogen-bond acceptors (Lipinski definition) is 3. The Labute approximate surface area is 115 Å². The molecule has 5 heteroatoms. The van der Waals surface area contributed by atoms with Crippen LogP contribution < -0.4 is 11.1 Å². The van der Waals surface area contributed by atoms with Crippen LogP contribution in [0.4, 0.5) is 4.79 Å². The molecule has 1 rings (SSSR count). The van der Waals surface area contributed by atoms with Gasteiger partial charge >= 0.3 is 6.03 Å². The first-order chi connectivity index (χ1) is 8.80. The predicted octanol–water partition coefficient (Wildman–Crippen LogP) is 1.78. The van der Waals surface area contributed by atoms with E-state index >= 15 is 0 Å². The van der Waals surface area contributed by atoms with Crippen LogP contribution in [0.15, 0.2) is 0 Å². The van der Waals surface area contributed by atoms with Crippen molar-refractivity contribution in [2.24, 2.45) is 11.7 Å². The zero-order valence-electron chi connectivity index (χ0n) is 12.3. The van der Waals surface area contributed by atoms with Crippen molar-refractivity contribution in [3.8, 4) is 0 Å². The molecule has 5 nitrogen and oxygen atoms in total. The zero-order valence-corrected chi connectivity index (χ0v) is 12.3. The van der Waals surface area contributed by atoms with E-state index in [0.717, 1.165) is 0 Å². The second-order valence-corrected chi connectivity index (χ2v) is 6.18. The number of nitrogens with one attached hydrogen (secondary N) is 1. The Morgan fingerprint density at radius 1 is 1.42 bits per heavy atom. The highest BCUT2D eigenvalue weighted by Gasteiger charge is 2.33. The summed E-state index contributed by atoms with van der Waals surface area (Å²) >= 11 is 0. The van der Waals surface area contributed by atoms with Gasteiger partial charge in [-0.3, -0.25) is 0 Å². The number of urea groups is 1. The van der Waals surface area contributed by atoms with Crippen LogP contribution in [0.5, 0.6) is 0 Å². The summed E-state index contributed by atoms with van der Waals surface area (Å²) in [5.41, 5.74) is 4.08.